The van der Waals surface area contributed by atoms with Crippen LogP contribution >= 0.6 is 24.8 Å². The van der Waals surface area contributed by atoms with Crippen molar-refractivity contribution >= 4 is 24.8 Å². The van der Waals surface area contributed by atoms with Crippen molar-refractivity contribution in [2.45, 2.75) is 32.9 Å². The molecule has 0 aliphatic carbocycles. The maximum atomic E-state index is 6.15. The SMILES string of the molecule is C=CC[C@H](c1cc(C)c(OCc2ccccc2)c(C)c1)N1CCNCC1.Cl.Cl. The van der Waals surface area contributed by atoms with Gasteiger partial charge in [0.2, 0.25) is 0 Å². The van der Waals surface area contributed by atoms with Crippen LogP contribution < -0.4 is 10.1 Å². The van der Waals surface area contributed by atoms with Gasteiger partial charge in [-0.3, -0.25) is 4.90 Å². The van der Waals surface area contributed by atoms with Gasteiger partial charge in [0.1, 0.15) is 12.4 Å². The van der Waals surface area contributed by atoms with Crippen LogP contribution in [0.3, 0.4) is 0 Å². The number of hydrogen-bond acceptors (Lipinski definition) is 3. The highest BCUT2D eigenvalue weighted by atomic mass is 35.5. The van der Waals surface area contributed by atoms with Gasteiger partial charge in [0.05, 0.1) is 0 Å². The highest BCUT2D eigenvalue weighted by molar-refractivity contribution is 5.85. The molecule has 154 valence electrons. The second-order valence-corrected chi connectivity index (χ2v) is 7.08. The van der Waals surface area contributed by atoms with E-state index in [4.69, 9.17) is 4.74 Å². The molecule has 3 nitrogen and oxygen atoms in total. The number of nitrogens with zero attached hydrogens (tertiary/aromatic N) is 1. The van der Waals surface area contributed by atoms with E-state index < -0.39 is 0 Å². The lowest BCUT2D eigenvalue weighted by molar-refractivity contribution is 0.174. The Morgan fingerprint density at radius 2 is 1.68 bits per heavy atom. The molecule has 1 heterocycles. The molecule has 0 saturated carbocycles. The predicted molar refractivity (Wildman–Crippen MR) is 123 cm³/mol. The highest BCUT2D eigenvalue weighted by Gasteiger charge is 2.22. The molecule has 0 amide bonds. The number of aryl methyl sites for hydroxylation is 2. The predicted octanol–water partition coefficient (Wildman–Crippen LogP) is 5.25. The summed E-state index contributed by atoms with van der Waals surface area (Å²) in [4.78, 5) is 2.57. The average Bonchev–Trinajstić information content (AvgIpc) is 2.67. The van der Waals surface area contributed by atoms with Gasteiger partial charge in [0.25, 0.3) is 0 Å². The molecular formula is C23H32Cl2N2O. The van der Waals surface area contributed by atoms with Crippen LogP contribution in [0.25, 0.3) is 0 Å². The van der Waals surface area contributed by atoms with Crippen molar-refractivity contribution in [3.63, 3.8) is 0 Å². The summed E-state index contributed by atoms with van der Waals surface area (Å²) in [7, 11) is 0. The van der Waals surface area contributed by atoms with E-state index in [0.29, 0.717) is 12.6 Å². The van der Waals surface area contributed by atoms with Crippen molar-refractivity contribution in [1.29, 1.82) is 0 Å². The first-order valence-corrected chi connectivity index (χ1v) is 9.52. The zero-order valence-electron chi connectivity index (χ0n) is 16.8. The number of ether oxygens (including phenoxy) is 1. The first-order valence-electron chi connectivity index (χ1n) is 9.52. The maximum Gasteiger partial charge on any atom is 0.125 e. The van der Waals surface area contributed by atoms with Gasteiger partial charge in [-0.2, -0.15) is 0 Å². The second kappa shape index (κ2) is 12.1. The Kier molecular flexibility index (Phi) is 10.6. The number of benzene rings is 2. The Morgan fingerprint density at radius 3 is 2.25 bits per heavy atom. The molecule has 2 aromatic rings. The fraction of sp³-hybridized carbons (Fsp3) is 0.391. The minimum absolute atomic E-state index is 0. The third kappa shape index (κ3) is 6.25. The van der Waals surface area contributed by atoms with E-state index in [1.807, 2.05) is 12.1 Å². The second-order valence-electron chi connectivity index (χ2n) is 7.08. The van der Waals surface area contributed by atoms with Crippen molar-refractivity contribution < 1.29 is 4.74 Å². The average molecular weight is 423 g/mol. The lowest BCUT2D eigenvalue weighted by atomic mass is 9.96. The molecule has 0 bridgehead atoms. The van der Waals surface area contributed by atoms with E-state index in [0.717, 1.165) is 38.3 Å². The standard InChI is InChI=1S/C23H30N2O.2ClH/c1-4-8-22(25-13-11-24-12-14-25)21-15-18(2)23(19(3)16-21)26-17-20-9-6-5-7-10-20;;/h4-7,9-10,15-16,22,24H,1,8,11-14,17H2,2-3H3;2*1H/t22-;;/m1../s1. The molecule has 1 atom stereocenters. The molecule has 1 aliphatic heterocycles. The first kappa shape index (κ1) is 24.5. The summed E-state index contributed by atoms with van der Waals surface area (Å²) in [6.07, 6.45) is 3.01. The van der Waals surface area contributed by atoms with Crippen LogP contribution in [-0.2, 0) is 6.61 Å². The molecule has 0 radical (unpaired) electrons. The summed E-state index contributed by atoms with van der Waals surface area (Å²) >= 11 is 0. The van der Waals surface area contributed by atoms with E-state index in [9.17, 15) is 0 Å². The quantitative estimate of drug-likeness (QED) is 0.616. The van der Waals surface area contributed by atoms with Crippen LogP contribution in [0.2, 0.25) is 0 Å². The van der Waals surface area contributed by atoms with E-state index in [-0.39, 0.29) is 24.8 Å². The Labute approximate surface area is 182 Å². The monoisotopic (exact) mass is 422 g/mol. The lowest BCUT2D eigenvalue weighted by Gasteiger charge is -2.35. The van der Waals surface area contributed by atoms with Gasteiger partial charge in [-0.05, 0) is 42.5 Å². The smallest absolute Gasteiger partial charge is 0.125 e. The molecule has 2 aromatic carbocycles. The first-order chi connectivity index (χ1) is 12.7. The largest absolute Gasteiger partial charge is 0.488 e. The van der Waals surface area contributed by atoms with Gasteiger partial charge in [0.15, 0.2) is 0 Å². The highest BCUT2D eigenvalue weighted by Crippen LogP contribution is 2.32. The van der Waals surface area contributed by atoms with Gasteiger partial charge in [-0.1, -0.05) is 48.5 Å². The topological polar surface area (TPSA) is 24.5 Å². The Morgan fingerprint density at radius 1 is 1.07 bits per heavy atom. The van der Waals surface area contributed by atoms with Crippen molar-refractivity contribution in [3.05, 3.63) is 77.4 Å². The van der Waals surface area contributed by atoms with Crippen molar-refractivity contribution in [2.24, 2.45) is 0 Å². The third-order valence-electron chi connectivity index (χ3n) is 5.08. The molecule has 3 rings (SSSR count). The number of piperazine rings is 1. The zero-order valence-corrected chi connectivity index (χ0v) is 18.5. The summed E-state index contributed by atoms with van der Waals surface area (Å²) in [6, 6.07) is 15.3. The summed E-state index contributed by atoms with van der Waals surface area (Å²) in [5, 5.41) is 3.44. The van der Waals surface area contributed by atoms with E-state index in [1.165, 1.54) is 22.3 Å². The summed E-state index contributed by atoms with van der Waals surface area (Å²) in [5.41, 5.74) is 4.98. The molecule has 28 heavy (non-hydrogen) atoms. The minimum Gasteiger partial charge on any atom is -0.488 e. The normalized spacial score (nSPS) is 15.1. The molecule has 1 saturated heterocycles. The number of halogens is 2. The summed E-state index contributed by atoms with van der Waals surface area (Å²) in [6.45, 7) is 13.2. The molecule has 0 spiro atoms. The molecule has 1 N–H and O–H groups in total. The summed E-state index contributed by atoms with van der Waals surface area (Å²) < 4.78 is 6.15. The Hall–Kier alpha value is -1.52. The fourth-order valence-corrected chi connectivity index (χ4v) is 3.78. The van der Waals surface area contributed by atoms with Crippen LogP contribution in [0.4, 0.5) is 0 Å². The number of hydrogen-bond donors (Lipinski definition) is 1. The molecule has 0 unspecified atom stereocenters. The molecule has 5 heteroatoms. The molecule has 1 aliphatic rings. The van der Waals surface area contributed by atoms with Crippen LogP contribution in [0, 0.1) is 13.8 Å². The molecular weight excluding hydrogens is 391 g/mol. The van der Waals surface area contributed by atoms with Crippen LogP contribution in [-0.4, -0.2) is 31.1 Å². The van der Waals surface area contributed by atoms with E-state index >= 15 is 0 Å². The summed E-state index contributed by atoms with van der Waals surface area (Å²) in [5.74, 6) is 1.01. The van der Waals surface area contributed by atoms with E-state index in [1.54, 1.807) is 0 Å². The number of rotatable bonds is 7. The van der Waals surface area contributed by atoms with E-state index in [2.05, 4.69) is 67.0 Å². The van der Waals surface area contributed by atoms with Crippen molar-refractivity contribution in [2.75, 3.05) is 26.2 Å². The fourth-order valence-electron chi connectivity index (χ4n) is 3.78. The number of nitrogens with one attached hydrogen (secondary N) is 1. The maximum absolute atomic E-state index is 6.15. The molecule has 1 fully saturated rings. The van der Waals surface area contributed by atoms with Gasteiger partial charge in [0, 0.05) is 32.2 Å². The van der Waals surface area contributed by atoms with Gasteiger partial charge >= 0.3 is 0 Å². The van der Waals surface area contributed by atoms with Crippen LogP contribution in [0.1, 0.15) is 34.7 Å². The van der Waals surface area contributed by atoms with Crippen molar-refractivity contribution in [1.82, 2.24) is 10.2 Å². The molecule has 0 aromatic heterocycles. The lowest BCUT2D eigenvalue weighted by Crippen LogP contribution is -2.45. The van der Waals surface area contributed by atoms with Gasteiger partial charge < -0.3 is 10.1 Å². The van der Waals surface area contributed by atoms with Crippen LogP contribution in [0.5, 0.6) is 5.75 Å². The zero-order chi connectivity index (χ0) is 18.4. The van der Waals surface area contributed by atoms with Gasteiger partial charge in [-0.15, -0.1) is 31.4 Å². The van der Waals surface area contributed by atoms with Gasteiger partial charge in [-0.25, -0.2) is 0 Å². The minimum atomic E-state index is 0. The Balaban J connectivity index is 0.00000196. The van der Waals surface area contributed by atoms with Crippen molar-refractivity contribution in [3.8, 4) is 5.75 Å². The third-order valence-corrected chi connectivity index (χ3v) is 5.08. The van der Waals surface area contributed by atoms with Crippen LogP contribution in [0.15, 0.2) is 55.1 Å². The Bertz CT molecular complexity index is 708.